The van der Waals surface area contributed by atoms with Gasteiger partial charge < -0.3 is 40.6 Å². The highest BCUT2D eigenvalue weighted by Gasteiger charge is 2.33. The number of carbonyl (C=O) groups is 4. The summed E-state index contributed by atoms with van der Waals surface area (Å²) in [6, 6.07) is 0. The van der Waals surface area contributed by atoms with E-state index in [0.29, 0.717) is 25.1 Å². The van der Waals surface area contributed by atoms with Gasteiger partial charge in [-0.3, -0.25) is 14.4 Å². The Hall–Kier alpha value is -3.58. The van der Waals surface area contributed by atoms with E-state index in [1.165, 1.54) is 20.3 Å². The van der Waals surface area contributed by atoms with Crippen molar-refractivity contribution in [2.45, 2.75) is 65.0 Å². The fraction of sp³-hybridized carbons (Fsp3) is 0.562. The third-order valence-electron chi connectivity index (χ3n) is 7.65. The predicted molar refractivity (Wildman–Crippen MR) is 166 cm³/mol. The van der Waals surface area contributed by atoms with Crippen molar-refractivity contribution >= 4 is 23.6 Å². The molecule has 2 bridgehead atoms. The third-order valence-corrected chi connectivity index (χ3v) is 7.65. The van der Waals surface area contributed by atoms with Crippen LogP contribution in [0.3, 0.4) is 0 Å². The number of carbonyl (C=O) groups excluding carboxylic acids is 4. The Kier molecular flexibility index (Phi) is 14.2. The van der Waals surface area contributed by atoms with Gasteiger partial charge in [0.25, 0.3) is 5.91 Å². The lowest BCUT2D eigenvalue weighted by molar-refractivity contribution is -0.120. The van der Waals surface area contributed by atoms with Gasteiger partial charge in [0, 0.05) is 50.4 Å². The molecule has 0 radical (unpaired) electrons. The molecule has 2 aliphatic rings. The molecule has 1 aliphatic carbocycles. The van der Waals surface area contributed by atoms with Crippen LogP contribution in [0.5, 0.6) is 0 Å². The van der Waals surface area contributed by atoms with Crippen molar-refractivity contribution in [1.82, 2.24) is 15.5 Å². The molecule has 0 saturated heterocycles. The van der Waals surface area contributed by atoms with E-state index in [1.54, 1.807) is 32.1 Å². The quantitative estimate of drug-likeness (QED) is 0.245. The van der Waals surface area contributed by atoms with E-state index in [4.69, 9.17) is 19.9 Å². The van der Waals surface area contributed by atoms with Crippen LogP contribution in [0.15, 0.2) is 58.5 Å². The molecule has 1 aliphatic heterocycles. The van der Waals surface area contributed by atoms with Crippen molar-refractivity contribution < 1.29 is 38.5 Å². The molecule has 0 spiro atoms. The number of hydrogen-bond acceptors (Lipinski definition) is 10. The van der Waals surface area contributed by atoms with E-state index in [1.807, 2.05) is 32.8 Å². The first-order valence-corrected chi connectivity index (χ1v) is 14.7. The number of ether oxygens (including phenoxy) is 3. The maximum atomic E-state index is 13.7. The van der Waals surface area contributed by atoms with Crippen LogP contribution in [0.4, 0.5) is 4.79 Å². The van der Waals surface area contributed by atoms with Crippen molar-refractivity contribution in [1.29, 1.82) is 0 Å². The van der Waals surface area contributed by atoms with Crippen LogP contribution in [-0.2, 0) is 28.6 Å². The number of aliphatic hydroxyl groups is 1. The normalized spacial score (nSPS) is 31.0. The second-order valence-electron chi connectivity index (χ2n) is 11.7. The summed E-state index contributed by atoms with van der Waals surface area (Å²) in [5.74, 6) is -2.06. The molecule has 12 nitrogen and oxygen atoms in total. The largest absolute Gasteiger partial charge is 0.439 e. The molecule has 6 atom stereocenters. The molecule has 0 aromatic carbocycles. The van der Waals surface area contributed by atoms with Gasteiger partial charge in [0.2, 0.25) is 11.6 Å². The molecule has 1 heterocycles. The van der Waals surface area contributed by atoms with E-state index in [2.05, 4.69) is 10.6 Å². The first-order chi connectivity index (χ1) is 20.7. The molecule has 0 fully saturated rings. The number of aliphatic hydroxyl groups excluding tert-OH is 1. The number of nitrogens with zero attached hydrogens (tertiary/aromatic N) is 1. The molecule has 44 heavy (non-hydrogen) atoms. The summed E-state index contributed by atoms with van der Waals surface area (Å²) in [5, 5.41) is 17.0. The number of nitrogens with one attached hydrogen (secondary N) is 2. The first-order valence-electron chi connectivity index (χ1n) is 14.7. The Morgan fingerprint density at radius 1 is 1.16 bits per heavy atom. The lowest BCUT2D eigenvalue weighted by Crippen LogP contribution is -2.38. The Balaban J connectivity index is 2.60. The van der Waals surface area contributed by atoms with Crippen LogP contribution < -0.4 is 16.4 Å². The van der Waals surface area contributed by atoms with Crippen molar-refractivity contribution in [3.05, 3.63) is 58.5 Å². The zero-order valence-electron chi connectivity index (χ0n) is 27.0. The molecule has 2 rings (SSSR count). The summed E-state index contributed by atoms with van der Waals surface area (Å²) in [6.45, 7) is 8.09. The Labute approximate surface area is 260 Å². The summed E-state index contributed by atoms with van der Waals surface area (Å²) in [5.41, 5.74) is 6.55. The highest BCUT2D eigenvalue weighted by molar-refractivity contribution is 6.23. The summed E-state index contributed by atoms with van der Waals surface area (Å²) in [7, 11) is 6.74. The van der Waals surface area contributed by atoms with E-state index >= 15 is 0 Å². The molecule has 12 heteroatoms. The Morgan fingerprint density at radius 2 is 1.84 bits per heavy atom. The molecular weight excluding hydrogens is 568 g/mol. The molecule has 0 aromatic heterocycles. The van der Waals surface area contributed by atoms with Crippen LogP contribution in [0.2, 0.25) is 0 Å². The monoisotopic (exact) mass is 616 g/mol. The van der Waals surface area contributed by atoms with Crippen LogP contribution in [-0.4, -0.2) is 99.4 Å². The summed E-state index contributed by atoms with van der Waals surface area (Å²) in [4.78, 5) is 53.7. The van der Waals surface area contributed by atoms with Crippen LogP contribution >= 0.6 is 0 Å². The Morgan fingerprint density at radius 3 is 2.43 bits per heavy atom. The second kappa shape index (κ2) is 17.0. The van der Waals surface area contributed by atoms with E-state index in [9.17, 15) is 24.3 Å². The highest BCUT2D eigenvalue weighted by atomic mass is 16.6. The van der Waals surface area contributed by atoms with Crippen LogP contribution in [0, 0.1) is 11.8 Å². The summed E-state index contributed by atoms with van der Waals surface area (Å²) < 4.78 is 16.6. The van der Waals surface area contributed by atoms with Crippen LogP contribution in [0.25, 0.3) is 0 Å². The van der Waals surface area contributed by atoms with E-state index in [0.717, 1.165) is 6.08 Å². The molecule has 0 aromatic rings. The van der Waals surface area contributed by atoms with Crippen LogP contribution in [0.1, 0.15) is 40.5 Å². The standard InChI is InChI=1S/C32H48N4O8/c1-18-14-22-27(34-12-13-36(5)6)24(37)17-23(29(22)39)35-31(40)19(2)10-9-11-25(42-7)30(44-32(33)41)21(4)16-20(3)28(38)26(15-18)43-8/h9-11,16-18,20,25-26,28,30,34,38H,12-15H2,1-8H3,(H2,33,41)(H,35,40)/b11-9+,19-10-,21-16+/t18-,20+,25+,26+,28-,30+/m1/s1. The number of likely N-dealkylation sites (N-methyl/N-ethyl adjacent to an activating group) is 1. The number of allylic oxidation sites excluding steroid dienone is 4. The van der Waals surface area contributed by atoms with Crippen molar-refractivity contribution in [2.75, 3.05) is 41.4 Å². The Bertz CT molecular complexity index is 1230. The van der Waals surface area contributed by atoms with Gasteiger partial charge >= 0.3 is 6.09 Å². The summed E-state index contributed by atoms with van der Waals surface area (Å²) in [6.07, 6.45) is 3.88. The first kappa shape index (κ1) is 36.6. The van der Waals surface area contributed by atoms with Gasteiger partial charge in [-0.1, -0.05) is 38.2 Å². The zero-order valence-corrected chi connectivity index (χ0v) is 27.0. The number of nitrogens with two attached hydrogens (primary N) is 1. The number of ketones is 2. The van der Waals surface area contributed by atoms with Crippen molar-refractivity contribution in [2.24, 2.45) is 17.6 Å². The number of hydrogen-bond donors (Lipinski definition) is 4. The number of rotatable bonds is 7. The second-order valence-corrected chi connectivity index (χ2v) is 11.7. The lowest BCUT2D eigenvalue weighted by Gasteiger charge is -2.30. The third kappa shape index (κ3) is 10.3. The van der Waals surface area contributed by atoms with Gasteiger partial charge in [0.1, 0.15) is 6.10 Å². The van der Waals surface area contributed by atoms with Gasteiger partial charge in [-0.25, -0.2) is 4.79 Å². The SMILES string of the molecule is CO[C@H]1/C=C/C=C(/C)C(=O)NC2=CC(=O)C(NCCN(C)C)=C(C[C@@H](C)C[C@H](OC)[C@H](O)[C@@H](C)/C=C(\C)[C@@H]1OC(N)=O)C2=O. The molecule has 0 saturated carbocycles. The highest BCUT2D eigenvalue weighted by Crippen LogP contribution is 2.28. The minimum Gasteiger partial charge on any atom is -0.439 e. The smallest absolute Gasteiger partial charge is 0.405 e. The van der Waals surface area contributed by atoms with Gasteiger partial charge in [-0.15, -0.1) is 0 Å². The fourth-order valence-corrected chi connectivity index (χ4v) is 5.18. The predicted octanol–water partition coefficient (Wildman–Crippen LogP) is 1.91. The number of fused-ring (bicyclic) bond motifs is 2. The van der Waals surface area contributed by atoms with Gasteiger partial charge in [-0.05, 0) is 52.3 Å². The van der Waals surface area contributed by atoms with Gasteiger partial charge in [0.15, 0.2) is 6.10 Å². The van der Waals surface area contributed by atoms with Gasteiger partial charge in [-0.2, -0.15) is 0 Å². The van der Waals surface area contributed by atoms with Crippen molar-refractivity contribution in [3.8, 4) is 0 Å². The number of methoxy groups -OCH3 is 2. The minimum absolute atomic E-state index is 0.114. The molecule has 0 unspecified atom stereocenters. The minimum atomic E-state index is -0.997. The number of amides is 2. The average Bonchev–Trinajstić information content (AvgIpc) is 2.95. The molecule has 244 valence electrons. The average molecular weight is 617 g/mol. The van der Waals surface area contributed by atoms with E-state index < -0.39 is 53.9 Å². The summed E-state index contributed by atoms with van der Waals surface area (Å²) >= 11 is 0. The molecule has 5 N–H and O–H groups in total. The van der Waals surface area contributed by atoms with E-state index in [-0.39, 0.29) is 34.9 Å². The number of primary amides is 1. The maximum Gasteiger partial charge on any atom is 0.405 e. The topological polar surface area (TPSA) is 170 Å². The fourth-order valence-electron chi connectivity index (χ4n) is 5.18. The van der Waals surface area contributed by atoms with Gasteiger partial charge in [0.05, 0.1) is 23.6 Å². The van der Waals surface area contributed by atoms with Crippen molar-refractivity contribution in [3.63, 3.8) is 0 Å². The lowest BCUT2D eigenvalue weighted by atomic mass is 9.85. The molecule has 2 amide bonds. The molecular formula is C32H48N4O8. The maximum absolute atomic E-state index is 13.7. The zero-order chi connectivity index (χ0) is 33.1. The number of Topliss-reactive ketones (excluding diaryl/α,β-unsaturated/α-hetero) is 1.